The van der Waals surface area contributed by atoms with Crippen LogP contribution in [0.15, 0.2) is 60.7 Å². The number of esters is 1. The molecule has 0 atom stereocenters. The Morgan fingerprint density at radius 1 is 1.18 bits per heavy atom. The van der Waals surface area contributed by atoms with Gasteiger partial charge in [-0.15, -0.1) is 0 Å². The van der Waals surface area contributed by atoms with Gasteiger partial charge in [0.1, 0.15) is 5.82 Å². The Hall–Kier alpha value is -2.92. The van der Waals surface area contributed by atoms with Crippen LogP contribution < -0.4 is 0 Å². The standard InChI is InChI=1S/C22H19ClFNO3/c23-19-14-16(6-8-20(19)24)7-9-22(27)28-15-21(26)25-12-10-18(11-13-25)17-4-2-1-3-5-17/h1-10,14H,11-13,15H2/b9-7+. The molecule has 0 fully saturated rings. The van der Waals surface area contributed by atoms with Crippen molar-refractivity contribution in [2.24, 2.45) is 0 Å². The quantitative estimate of drug-likeness (QED) is 0.554. The van der Waals surface area contributed by atoms with Crippen molar-refractivity contribution in [2.75, 3.05) is 19.7 Å². The third-order valence-corrected chi connectivity index (χ3v) is 4.69. The van der Waals surface area contributed by atoms with E-state index in [1.165, 1.54) is 35.9 Å². The maximum absolute atomic E-state index is 13.1. The molecule has 1 amide bonds. The minimum atomic E-state index is -0.647. The summed E-state index contributed by atoms with van der Waals surface area (Å²) in [4.78, 5) is 25.7. The lowest BCUT2D eigenvalue weighted by molar-refractivity contribution is -0.147. The first-order chi connectivity index (χ1) is 13.5. The second-order valence-corrected chi connectivity index (χ2v) is 6.71. The summed E-state index contributed by atoms with van der Waals surface area (Å²) >= 11 is 5.69. The Labute approximate surface area is 167 Å². The second kappa shape index (κ2) is 9.33. The number of ether oxygens (including phenoxy) is 1. The Morgan fingerprint density at radius 3 is 2.64 bits per heavy atom. The normalized spacial score (nSPS) is 14.1. The zero-order chi connectivity index (χ0) is 19.9. The van der Waals surface area contributed by atoms with Crippen molar-refractivity contribution in [1.82, 2.24) is 4.90 Å². The van der Waals surface area contributed by atoms with Crippen molar-refractivity contribution in [3.8, 4) is 0 Å². The Kier molecular flexibility index (Phi) is 6.61. The molecule has 0 bridgehead atoms. The lowest BCUT2D eigenvalue weighted by atomic mass is 10.00. The summed E-state index contributed by atoms with van der Waals surface area (Å²) in [6.45, 7) is 0.757. The van der Waals surface area contributed by atoms with Gasteiger partial charge in [-0.3, -0.25) is 4.79 Å². The van der Waals surface area contributed by atoms with Gasteiger partial charge in [0.25, 0.3) is 5.91 Å². The SMILES string of the molecule is O=C(/C=C/c1ccc(F)c(Cl)c1)OCC(=O)N1CC=C(c2ccccc2)CC1. The zero-order valence-electron chi connectivity index (χ0n) is 15.1. The average Bonchev–Trinajstić information content (AvgIpc) is 2.73. The van der Waals surface area contributed by atoms with Gasteiger partial charge in [-0.25, -0.2) is 9.18 Å². The number of carbonyl (C=O) groups excluding carboxylic acids is 2. The Balaban J connectivity index is 1.47. The first-order valence-corrected chi connectivity index (χ1v) is 9.23. The predicted molar refractivity (Wildman–Crippen MR) is 107 cm³/mol. The monoisotopic (exact) mass is 399 g/mol. The molecule has 0 N–H and O–H groups in total. The fraction of sp³-hybridized carbons (Fsp3) is 0.182. The molecule has 1 heterocycles. The number of nitrogens with zero attached hydrogens (tertiary/aromatic N) is 1. The van der Waals surface area contributed by atoms with Gasteiger partial charge in [-0.05, 0) is 41.3 Å². The van der Waals surface area contributed by atoms with Crippen LogP contribution in [0, 0.1) is 5.82 Å². The van der Waals surface area contributed by atoms with Crippen LogP contribution in [0.2, 0.25) is 5.02 Å². The van der Waals surface area contributed by atoms with E-state index in [9.17, 15) is 14.0 Å². The van der Waals surface area contributed by atoms with Gasteiger partial charge in [-0.1, -0.05) is 54.1 Å². The first-order valence-electron chi connectivity index (χ1n) is 8.85. The fourth-order valence-corrected chi connectivity index (χ4v) is 3.05. The van der Waals surface area contributed by atoms with E-state index in [2.05, 4.69) is 0 Å². The molecule has 0 aliphatic carbocycles. The molecule has 2 aromatic rings. The van der Waals surface area contributed by atoms with Crippen LogP contribution in [0.4, 0.5) is 4.39 Å². The lowest BCUT2D eigenvalue weighted by Crippen LogP contribution is -2.37. The van der Waals surface area contributed by atoms with Crippen LogP contribution in [-0.2, 0) is 14.3 Å². The highest BCUT2D eigenvalue weighted by Crippen LogP contribution is 2.22. The molecule has 2 aromatic carbocycles. The molecule has 28 heavy (non-hydrogen) atoms. The van der Waals surface area contributed by atoms with Gasteiger partial charge in [-0.2, -0.15) is 0 Å². The van der Waals surface area contributed by atoms with Gasteiger partial charge >= 0.3 is 5.97 Å². The summed E-state index contributed by atoms with van der Waals surface area (Å²) in [5, 5.41) is -0.0290. The minimum absolute atomic E-state index is 0.0290. The largest absolute Gasteiger partial charge is 0.452 e. The van der Waals surface area contributed by atoms with Crippen LogP contribution in [0.25, 0.3) is 11.6 Å². The molecule has 0 radical (unpaired) electrons. The molecule has 0 saturated heterocycles. The molecule has 3 rings (SSSR count). The van der Waals surface area contributed by atoms with Crippen molar-refractivity contribution in [3.63, 3.8) is 0 Å². The van der Waals surface area contributed by atoms with E-state index in [1.807, 2.05) is 36.4 Å². The third kappa shape index (κ3) is 5.30. The maximum atomic E-state index is 13.1. The van der Waals surface area contributed by atoms with Gasteiger partial charge in [0.2, 0.25) is 0 Å². The van der Waals surface area contributed by atoms with Crippen LogP contribution in [0.3, 0.4) is 0 Å². The number of hydrogen-bond acceptors (Lipinski definition) is 3. The predicted octanol–water partition coefficient (Wildman–Crippen LogP) is 4.35. The number of halogens is 2. The number of carbonyl (C=O) groups is 2. The highest BCUT2D eigenvalue weighted by atomic mass is 35.5. The fourth-order valence-electron chi connectivity index (χ4n) is 2.86. The van der Waals surface area contributed by atoms with Crippen LogP contribution in [0.1, 0.15) is 17.5 Å². The summed E-state index contributed by atoms with van der Waals surface area (Å²) in [6, 6.07) is 14.1. The van der Waals surface area contributed by atoms with Gasteiger partial charge in [0, 0.05) is 19.2 Å². The molecule has 0 spiro atoms. The lowest BCUT2D eigenvalue weighted by Gasteiger charge is -2.26. The van der Waals surface area contributed by atoms with Crippen LogP contribution in [-0.4, -0.2) is 36.5 Å². The molecule has 6 heteroatoms. The smallest absolute Gasteiger partial charge is 0.331 e. The third-order valence-electron chi connectivity index (χ3n) is 4.40. The van der Waals surface area contributed by atoms with Crippen molar-refractivity contribution < 1.29 is 18.7 Å². The van der Waals surface area contributed by atoms with Crippen molar-refractivity contribution in [1.29, 1.82) is 0 Å². The average molecular weight is 400 g/mol. The van der Waals surface area contributed by atoms with Crippen LogP contribution >= 0.6 is 11.6 Å². The van der Waals surface area contributed by atoms with Crippen molar-refractivity contribution in [3.05, 3.63) is 82.6 Å². The van der Waals surface area contributed by atoms with E-state index in [1.54, 1.807) is 4.90 Å². The van der Waals surface area contributed by atoms with E-state index in [-0.39, 0.29) is 17.5 Å². The minimum Gasteiger partial charge on any atom is -0.452 e. The van der Waals surface area contributed by atoms with E-state index in [0.717, 1.165) is 12.0 Å². The summed E-state index contributed by atoms with van der Waals surface area (Å²) in [5.41, 5.74) is 2.93. The zero-order valence-corrected chi connectivity index (χ0v) is 15.9. The number of hydrogen-bond donors (Lipinski definition) is 0. The molecule has 0 saturated carbocycles. The maximum Gasteiger partial charge on any atom is 0.331 e. The van der Waals surface area contributed by atoms with E-state index in [4.69, 9.17) is 16.3 Å². The Morgan fingerprint density at radius 2 is 1.96 bits per heavy atom. The van der Waals surface area contributed by atoms with Crippen molar-refractivity contribution in [2.45, 2.75) is 6.42 Å². The van der Waals surface area contributed by atoms with Gasteiger partial charge in [0.05, 0.1) is 5.02 Å². The Bertz CT molecular complexity index is 925. The molecule has 0 aromatic heterocycles. The second-order valence-electron chi connectivity index (χ2n) is 6.30. The van der Waals surface area contributed by atoms with Gasteiger partial charge in [0.15, 0.2) is 6.61 Å². The molecule has 1 aliphatic heterocycles. The number of amides is 1. The molecular weight excluding hydrogens is 381 g/mol. The summed E-state index contributed by atoms with van der Waals surface area (Å²) in [7, 11) is 0. The highest BCUT2D eigenvalue weighted by molar-refractivity contribution is 6.30. The first kappa shape index (κ1) is 19.8. The molecule has 1 aliphatic rings. The molecule has 144 valence electrons. The molecule has 0 unspecified atom stereocenters. The van der Waals surface area contributed by atoms with E-state index < -0.39 is 11.8 Å². The van der Waals surface area contributed by atoms with E-state index >= 15 is 0 Å². The summed E-state index contributed by atoms with van der Waals surface area (Å²) in [6.07, 6.45) is 5.42. The summed E-state index contributed by atoms with van der Waals surface area (Å²) < 4.78 is 18.1. The van der Waals surface area contributed by atoms with Crippen LogP contribution in [0.5, 0.6) is 0 Å². The number of rotatable bonds is 5. The highest BCUT2D eigenvalue weighted by Gasteiger charge is 2.18. The van der Waals surface area contributed by atoms with E-state index in [0.29, 0.717) is 18.7 Å². The topological polar surface area (TPSA) is 46.6 Å². The summed E-state index contributed by atoms with van der Waals surface area (Å²) in [5.74, 6) is -1.42. The number of benzene rings is 2. The van der Waals surface area contributed by atoms with Crippen molar-refractivity contribution >= 4 is 35.1 Å². The van der Waals surface area contributed by atoms with Gasteiger partial charge < -0.3 is 9.64 Å². The molecular formula is C22H19ClFNO3. The molecule has 4 nitrogen and oxygen atoms in total.